The van der Waals surface area contributed by atoms with Crippen molar-refractivity contribution in [3.63, 3.8) is 0 Å². The van der Waals surface area contributed by atoms with Gasteiger partial charge in [0.15, 0.2) is 0 Å². The Kier molecular flexibility index (Phi) is 5.94. The van der Waals surface area contributed by atoms with E-state index >= 15 is 0 Å². The van der Waals surface area contributed by atoms with Crippen LogP contribution in [0.5, 0.6) is 5.75 Å². The highest BCUT2D eigenvalue weighted by molar-refractivity contribution is 5.39. The Morgan fingerprint density at radius 1 is 1.15 bits per heavy atom. The van der Waals surface area contributed by atoms with Crippen LogP contribution in [0.3, 0.4) is 0 Å². The lowest BCUT2D eigenvalue weighted by molar-refractivity contribution is -0.180. The second-order valence-corrected chi connectivity index (χ2v) is 7.15. The van der Waals surface area contributed by atoms with Crippen LogP contribution in [0.1, 0.15) is 36.6 Å². The summed E-state index contributed by atoms with van der Waals surface area (Å²) in [5, 5.41) is 23.4. The van der Waals surface area contributed by atoms with E-state index < -0.39 is 11.9 Å². The molecule has 3 N–H and O–H groups in total. The first-order valence-electron chi connectivity index (χ1n) is 8.99. The summed E-state index contributed by atoms with van der Waals surface area (Å²) in [5.41, 5.74) is 2.89. The van der Waals surface area contributed by atoms with Crippen LogP contribution in [0.15, 0.2) is 48.5 Å². The van der Waals surface area contributed by atoms with E-state index in [4.69, 9.17) is 9.47 Å². The molecule has 0 fully saturated rings. The van der Waals surface area contributed by atoms with Crippen LogP contribution in [-0.4, -0.2) is 35.2 Å². The van der Waals surface area contributed by atoms with E-state index in [1.807, 2.05) is 62.4 Å². The molecule has 2 aromatic carbocycles. The molecule has 26 heavy (non-hydrogen) atoms. The molecule has 0 bridgehead atoms. The molecule has 2 aromatic rings. The minimum atomic E-state index is -0.667. The summed E-state index contributed by atoms with van der Waals surface area (Å²) in [7, 11) is 0. The molecule has 5 heteroatoms. The standard InChI is InChI=1S/C21H27NO4/c1-21(2)25-14-17-11-16(8-9-20(17)26-21)19(24)12-22-18(13-23)10-15-6-4-3-5-7-15/h3-9,11,18-19,22-24H,10,12-14H2,1-2H3. The zero-order valence-corrected chi connectivity index (χ0v) is 15.3. The van der Waals surface area contributed by atoms with Gasteiger partial charge in [-0.3, -0.25) is 0 Å². The van der Waals surface area contributed by atoms with Gasteiger partial charge < -0.3 is 25.0 Å². The second-order valence-electron chi connectivity index (χ2n) is 7.15. The van der Waals surface area contributed by atoms with Gasteiger partial charge >= 0.3 is 0 Å². The lowest BCUT2D eigenvalue weighted by atomic mass is 10.0. The number of nitrogens with one attached hydrogen (secondary N) is 1. The molecule has 0 saturated heterocycles. The molecule has 2 atom stereocenters. The van der Waals surface area contributed by atoms with E-state index in [2.05, 4.69) is 5.32 Å². The highest BCUT2D eigenvalue weighted by Crippen LogP contribution is 2.32. The zero-order valence-electron chi connectivity index (χ0n) is 15.3. The third-order valence-corrected chi connectivity index (χ3v) is 4.55. The van der Waals surface area contributed by atoms with Gasteiger partial charge in [-0.2, -0.15) is 0 Å². The van der Waals surface area contributed by atoms with Crippen LogP contribution in [0.2, 0.25) is 0 Å². The number of hydrogen-bond donors (Lipinski definition) is 3. The van der Waals surface area contributed by atoms with E-state index in [0.29, 0.717) is 19.6 Å². The van der Waals surface area contributed by atoms with Crippen molar-refractivity contribution in [3.8, 4) is 5.75 Å². The van der Waals surface area contributed by atoms with Crippen molar-refractivity contribution in [1.82, 2.24) is 5.32 Å². The third-order valence-electron chi connectivity index (χ3n) is 4.55. The van der Waals surface area contributed by atoms with Crippen LogP contribution in [0, 0.1) is 0 Å². The summed E-state index contributed by atoms with van der Waals surface area (Å²) in [6, 6.07) is 15.6. The second kappa shape index (κ2) is 8.18. The number of aliphatic hydroxyl groups excluding tert-OH is 2. The van der Waals surface area contributed by atoms with Gasteiger partial charge in [0.1, 0.15) is 5.75 Å². The first kappa shape index (κ1) is 18.9. The lowest BCUT2D eigenvalue weighted by Gasteiger charge is -2.33. The predicted molar refractivity (Wildman–Crippen MR) is 99.9 cm³/mol. The fraction of sp³-hybridized carbons (Fsp3) is 0.429. The summed E-state index contributed by atoms with van der Waals surface area (Å²) < 4.78 is 11.4. The monoisotopic (exact) mass is 357 g/mol. The van der Waals surface area contributed by atoms with Gasteiger partial charge in [-0.25, -0.2) is 0 Å². The van der Waals surface area contributed by atoms with Crippen LogP contribution in [-0.2, 0) is 17.8 Å². The normalized spacial score (nSPS) is 17.8. The molecule has 2 unspecified atom stereocenters. The molecule has 0 aliphatic carbocycles. The van der Waals surface area contributed by atoms with E-state index in [1.54, 1.807) is 0 Å². The van der Waals surface area contributed by atoms with Gasteiger partial charge in [-0.05, 0) is 29.7 Å². The predicted octanol–water partition coefficient (Wildman–Crippen LogP) is 2.56. The number of hydrogen-bond acceptors (Lipinski definition) is 5. The van der Waals surface area contributed by atoms with E-state index in [1.165, 1.54) is 0 Å². The largest absolute Gasteiger partial charge is 0.463 e. The quantitative estimate of drug-likeness (QED) is 0.710. The highest BCUT2D eigenvalue weighted by Gasteiger charge is 2.27. The zero-order chi connectivity index (χ0) is 18.6. The van der Waals surface area contributed by atoms with Gasteiger partial charge in [0.2, 0.25) is 5.79 Å². The van der Waals surface area contributed by atoms with Crippen molar-refractivity contribution in [2.45, 2.75) is 44.8 Å². The first-order valence-corrected chi connectivity index (χ1v) is 8.99. The number of benzene rings is 2. The van der Waals surface area contributed by atoms with Crippen molar-refractivity contribution in [2.24, 2.45) is 0 Å². The molecule has 1 aliphatic heterocycles. The fourth-order valence-corrected chi connectivity index (χ4v) is 3.06. The molecule has 0 amide bonds. The summed E-state index contributed by atoms with van der Waals surface area (Å²) in [6.45, 7) is 4.60. The van der Waals surface area contributed by atoms with E-state index in [-0.39, 0.29) is 12.6 Å². The molecule has 1 heterocycles. The van der Waals surface area contributed by atoms with Gasteiger partial charge in [0.05, 0.1) is 19.3 Å². The van der Waals surface area contributed by atoms with Crippen molar-refractivity contribution >= 4 is 0 Å². The highest BCUT2D eigenvalue weighted by atomic mass is 16.7. The Hall–Kier alpha value is -1.92. The Morgan fingerprint density at radius 2 is 1.92 bits per heavy atom. The maximum absolute atomic E-state index is 10.5. The molecular weight excluding hydrogens is 330 g/mol. The summed E-state index contributed by atoms with van der Waals surface area (Å²) in [6.07, 6.45) is 0.0467. The molecule has 0 radical (unpaired) electrons. The fourth-order valence-electron chi connectivity index (χ4n) is 3.06. The van der Waals surface area contributed by atoms with Crippen LogP contribution < -0.4 is 10.1 Å². The van der Waals surface area contributed by atoms with Gasteiger partial charge in [-0.1, -0.05) is 36.4 Å². The van der Waals surface area contributed by atoms with Crippen molar-refractivity contribution < 1.29 is 19.7 Å². The van der Waals surface area contributed by atoms with Crippen molar-refractivity contribution in [3.05, 3.63) is 65.2 Å². The van der Waals surface area contributed by atoms with Crippen molar-refractivity contribution in [1.29, 1.82) is 0 Å². The van der Waals surface area contributed by atoms with Crippen LogP contribution in [0.25, 0.3) is 0 Å². The summed E-state index contributed by atoms with van der Waals surface area (Å²) in [5.74, 6) is 0.169. The molecular formula is C21H27NO4. The molecule has 140 valence electrons. The smallest absolute Gasteiger partial charge is 0.205 e. The third kappa shape index (κ3) is 4.83. The minimum absolute atomic E-state index is 0.0164. The van der Waals surface area contributed by atoms with Gasteiger partial charge in [0, 0.05) is 32.0 Å². The first-order chi connectivity index (χ1) is 12.5. The molecule has 5 nitrogen and oxygen atoms in total. The van der Waals surface area contributed by atoms with Crippen LogP contribution >= 0.6 is 0 Å². The molecule has 1 aliphatic rings. The number of fused-ring (bicyclic) bond motifs is 1. The SMILES string of the molecule is CC1(C)OCc2cc(C(O)CNC(CO)Cc3ccccc3)ccc2O1. The van der Waals surface area contributed by atoms with E-state index in [0.717, 1.165) is 22.4 Å². The molecule has 0 aromatic heterocycles. The van der Waals surface area contributed by atoms with Gasteiger partial charge in [0.25, 0.3) is 0 Å². The molecule has 0 saturated carbocycles. The summed E-state index contributed by atoms with van der Waals surface area (Å²) in [4.78, 5) is 0. The molecule has 0 spiro atoms. The minimum Gasteiger partial charge on any atom is -0.463 e. The van der Waals surface area contributed by atoms with Crippen molar-refractivity contribution in [2.75, 3.05) is 13.2 Å². The average Bonchev–Trinajstić information content (AvgIpc) is 2.64. The Morgan fingerprint density at radius 3 is 2.65 bits per heavy atom. The number of ether oxygens (including phenoxy) is 2. The van der Waals surface area contributed by atoms with Gasteiger partial charge in [-0.15, -0.1) is 0 Å². The average molecular weight is 357 g/mol. The maximum atomic E-state index is 10.5. The topological polar surface area (TPSA) is 71.0 Å². The molecule has 3 rings (SSSR count). The Labute approximate surface area is 154 Å². The lowest BCUT2D eigenvalue weighted by Crippen LogP contribution is -2.37. The van der Waals surface area contributed by atoms with Crippen LogP contribution in [0.4, 0.5) is 0 Å². The Balaban J connectivity index is 1.58. The summed E-state index contributed by atoms with van der Waals surface area (Å²) >= 11 is 0. The maximum Gasteiger partial charge on any atom is 0.205 e. The number of aliphatic hydroxyl groups is 2. The number of rotatable bonds is 7. The van der Waals surface area contributed by atoms with E-state index in [9.17, 15) is 10.2 Å². The Bertz CT molecular complexity index is 717.